The van der Waals surface area contributed by atoms with Crippen molar-refractivity contribution >= 4 is 17.3 Å². The number of anilines is 1. The molecule has 0 radical (unpaired) electrons. The molecule has 18 heavy (non-hydrogen) atoms. The minimum atomic E-state index is -1.53. The molecule has 0 saturated heterocycles. The first-order valence-corrected chi connectivity index (χ1v) is 5.38. The molecule has 0 fully saturated rings. The van der Waals surface area contributed by atoms with Gasteiger partial charge in [0.05, 0.1) is 4.92 Å². The zero-order chi connectivity index (χ0) is 13.9. The van der Waals surface area contributed by atoms with E-state index in [1.807, 2.05) is 0 Å². The van der Waals surface area contributed by atoms with Gasteiger partial charge >= 0.3 is 5.97 Å². The maximum absolute atomic E-state index is 13.5. The minimum absolute atomic E-state index is 0.0903. The molecule has 0 saturated carbocycles. The number of hydrogen-bond acceptors (Lipinski definition) is 4. The third-order valence-electron chi connectivity index (χ3n) is 2.60. The van der Waals surface area contributed by atoms with Crippen molar-refractivity contribution in [2.45, 2.75) is 13.8 Å². The van der Waals surface area contributed by atoms with Crippen molar-refractivity contribution in [3.8, 4) is 0 Å². The van der Waals surface area contributed by atoms with Gasteiger partial charge in [-0.05, 0) is 13.8 Å². The summed E-state index contributed by atoms with van der Waals surface area (Å²) in [5, 5.41) is 19.6. The summed E-state index contributed by atoms with van der Waals surface area (Å²) in [5.41, 5.74) is -1.01. The number of carboxylic acid groups (broad SMARTS) is 1. The van der Waals surface area contributed by atoms with Gasteiger partial charge in [-0.15, -0.1) is 0 Å². The normalized spacial score (nSPS) is 10.2. The molecule has 0 heterocycles. The SMILES string of the molecule is CCN(CC)c1cc(F)c(C(=O)O)cc1[N+](=O)[O-]. The van der Waals surface area contributed by atoms with Crippen LogP contribution in [0.4, 0.5) is 15.8 Å². The second-order valence-electron chi connectivity index (χ2n) is 3.56. The second-order valence-corrected chi connectivity index (χ2v) is 3.56. The van der Waals surface area contributed by atoms with Gasteiger partial charge in [-0.25, -0.2) is 9.18 Å². The van der Waals surface area contributed by atoms with Gasteiger partial charge in [0.25, 0.3) is 5.69 Å². The molecule has 0 atom stereocenters. The molecule has 0 aliphatic heterocycles. The fraction of sp³-hybridized carbons (Fsp3) is 0.364. The van der Waals surface area contributed by atoms with Crippen LogP contribution >= 0.6 is 0 Å². The molecule has 1 N–H and O–H groups in total. The Kier molecular flexibility index (Phi) is 4.19. The number of halogens is 1. The number of nitro benzene ring substituents is 1. The van der Waals surface area contributed by atoms with E-state index in [0.717, 1.165) is 12.1 Å². The number of aromatic carboxylic acids is 1. The maximum Gasteiger partial charge on any atom is 0.338 e. The molecular weight excluding hydrogens is 243 g/mol. The van der Waals surface area contributed by atoms with E-state index in [2.05, 4.69) is 0 Å². The van der Waals surface area contributed by atoms with Crippen LogP contribution in [0, 0.1) is 15.9 Å². The van der Waals surface area contributed by atoms with Crippen molar-refractivity contribution in [1.29, 1.82) is 0 Å². The van der Waals surface area contributed by atoms with Gasteiger partial charge in [-0.3, -0.25) is 10.1 Å². The predicted molar refractivity (Wildman–Crippen MR) is 63.6 cm³/mol. The van der Waals surface area contributed by atoms with Crippen LogP contribution in [0.5, 0.6) is 0 Å². The van der Waals surface area contributed by atoms with Crippen LogP contribution in [-0.4, -0.2) is 29.1 Å². The highest BCUT2D eigenvalue weighted by atomic mass is 19.1. The third kappa shape index (κ3) is 2.55. The molecule has 7 heteroatoms. The Morgan fingerprint density at radius 1 is 1.44 bits per heavy atom. The molecule has 0 aromatic heterocycles. The molecule has 1 aromatic rings. The number of carboxylic acids is 1. The topological polar surface area (TPSA) is 83.7 Å². The van der Waals surface area contributed by atoms with E-state index in [1.165, 1.54) is 0 Å². The molecule has 0 bridgehead atoms. The summed E-state index contributed by atoms with van der Waals surface area (Å²) in [6, 6.07) is 1.65. The lowest BCUT2D eigenvalue weighted by atomic mass is 10.1. The number of rotatable bonds is 5. The molecule has 0 unspecified atom stereocenters. The highest BCUT2D eigenvalue weighted by Crippen LogP contribution is 2.31. The molecule has 6 nitrogen and oxygen atoms in total. The Hall–Kier alpha value is -2.18. The summed E-state index contributed by atoms with van der Waals surface area (Å²) < 4.78 is 13.5. The predicted octanol–water partition coefficient (Wildman–Crippen LogP) is 2.28. The van der Waals surface area contributed by atoms with Gasteiger partial charge < -0.3 is 10.0 Å². The van der Waals surface area contributed by atoms with Crippen molar-refractivity contribution in [3.05, 3.63) is 33.6 Å². The van der Waals surface area contributed by atoms with E-state index < -0.39 is 28.0 Å². The Morgan fingerprint density at radius 2 is 2.00 bits per heavy atom. The summed E-state index contributed by atoms with van der Waals surface area (Å²) in [7, 11) is 0. The van der Waals surface area contributed by atoms with Gasteiger partial charge in [0.15, 0.2) is 0 Å². The molecule has 0 aliphatic rings. The first kappa shape index (κ1) is 13.9. The van der Waals surface area contributed by atoms with Crippen molar-refractivity contribution in [2.75, 3.05) is 18.0 Å². The van der Waals surface area contributed by atoms with Crippen LogP contribution in [0.2, 0.25) is 0 Å². The van der Waals surface area contributed by atoms with Crippen LogP contribution in [0.1, 0.15) is 24.2 Å². The van der Waals surface area contributed by atoms with Crippen molar-refractivity contribution in [1.82, 2.24) is 0 Å². The lowest BCUT2D eigenvalue weighted by molar-refractivity contribution is -0.384. The summed E-state index contributed by atoms with van der Waals surface area (Å²) in [5.74, 6) is -2.50. The fourth-order valence-corrected chi connectivity index (χ4v) is 1.68. The molecule has 0 amide bonds. The van der Waals surface area contributed by atoms with E-state index in [0.29, 0.717) is 13.1 Å². The van der Waals surface area contributed by atoms with Crippen LogP contribution in [-0.2, 0) is 0 Å². The van der Waals surface area contributed by atoms with E-state index in [4.69, 9.17) is 5.11 Å². The van der Waals surface area contributed by atoms with Crippen LogP contribution < -0.4 is 4.90 Å². The molecule has 1 rings (SSSR count). The average molecular weight is 256 g/mol. The lowest BCUT2D eigenvalue weighted by Gasteiger charge is -2.21. The van der Waals surface area contributed by atoms with Crippen LogP contribution in [0.15, 0.2) is 12.1 Å². The molecular formula is C11H13FN2O4. The Labute approximate surface area is 103 Å². The van der Waals surface area contributed by atoms with Gasteiger partial charge in [-0.2, -0.15) is 0 Å². The molecule has 98 valence electrons. The largest absolute Gasteiger partial charge is 0.478 e. The highest BCUT2D eigenvalue weighted by Gasteiger charge is 2.24. The number of carbonyl (C=O) groups is 1. The summed E-state index contributed by atoms with van der Waals surface area (Å²) >= 11 is 0. The second kappa shape index (κ2) is 5.44. The Bertz CT molecular complexity index is 486. The smallest absolute Gasteiger partial charge is 0.338 e. The summed E-state index contributed by atoms with van der Waals surface area (Å²) in [6.07, 6.45) is 0. The van der Waals surface area contributed by atoms with Crippen LogP contribution in [0.3, 0.4) is 0 Å². The fourth-order valence-electron chi connectivity index (χ4n) is 1.68. The third-order valence-corrected chi connectivity index (χ3v) is 2.60. The molecule has 0 aliphatic carbocycles. The van der Waals surface area contributed by atoms with Crippen molar-refractivity contribution in [2.24, 2.45) is 0 Å². The first-order valence-electron chi connectivity index (χ1n) is 5.38. The first-order chi connectivity index (χ1) is 8.42. The van der Waals surface area contributed by atoms with E-state index in [-0.39, 0.29) is 5.69 Å². The average Bonchev–Trinajstić information content (AvgIpc) is 2.29. The molecule has 0 spiro atoms. The number of benzene rings is 1. The van der Waals surface area contributed by atoms with Crippen LogP contribution in [0.25, 0.3) is 0 Å². The zero-order valence-electron chi connectivity index (χ0n) is 10.0. The van der Waals surface area contributed by atoms with E-state index in [1.54, 1.807) is 18.7 Å². The monoisotopic (exact) mass is 256 g/mol. The van der Waals surface area contributed by atoms with E-state index in [9.17, 15) is 19.3 Å². The van der Waals surface area contributed by atoms with Crippen molar-refractivity contribution in [3.63, 3.8) is 0 Å². The van der Waals surface area contributed by atoms with Gasteiger partial charge in [-0.1, -0.05) is 0 Å². The summed E-state index contributed by atoms with van der Waals surface area (Å²) in [4.78, 5) is 22.5. The molecule has 1 aromatic carbocycles. The minimum Gasteiger partial charge on any atom is -0.478 e. The van der Waals surface area contributed by atoms with E-state index >= 15 is 0 Å². The Balaban J connectivity index is 3.47. The summed E-state index contributed by atoms with van der Waals surface area (Å²) in [6.45, 7) is 4.47. The van der Waals surface area contributed by atoms with Gasteiger partial charge in [0.1, 0.15) is 17.1 Å². The quantitative estimate of drug-likeness (QED) is 0.645. The Morgan fingerprint density at radius 3 is 2.39 bits per heavy atom. The number of nitrogens with zero attached hydrogens (tertiary/aromatic N) is 2. The van der Waals surface area contributed by atoms with Gasteiger partial charge in [0.2, 0.25) is 0 Å². The van der Waals surface area contributed by atoms with Gasteiger partial charge in [0, 0.05) is 25.2 Å². The standard InChI is InChI=1S/C11H13FN2O4/c1-3-13(4-2)9-6-8(12)7(11(15)16)5-10(9)14(17)18/h5-6H,3-4H2,1-2H3,(H,15,16). The lowest BCUT2D eigenvalue weighted by Crippen LogP contribution is -2.23. The number of hydrogen-bond donors (Lipinski definition) is 1. The maximum atomic E-state index is 13.5. The van der Waals surface area contributed by atoms with Crippen molar-refractivity contribution < 1.29 is 19.2 Å². The number of nitro groups is 1. The zero-order valence-corrected chi connectivity index (χ0v) is 10.0. The highest BCUT2D eigenvalue weighted by molar-refractivity contribution is 5.90.